The molecule has 4 heterocycles. The van der Waals surface area contributed by atoms with Crippen LogP contribution in [0, 0.1) is 13.8 Å². The molecule has 0 bridgehead atoms. The molecule has 5 aromatic rings. The number of imidazole rings is 1. The van der Waals surface area contributed by atoms with Gasteiger partial charge >= 0.3 is 5.76 Å². The number of nitrogens with zero attached hydrogens (tertiary/aromatic N) is 5. The Bertz CT molecular complexity index is 1660. The van der Waals surface area contributed by atoms with Gasteiger partial charge in [0.15, 0.2) is 11.5 Å². The van der Waals surface area contributed by atoms with Gasteiger partial charge in [0.25, 0.3) is 6.01 Å². The van der Waals surface area contributed by atoms with E-state index in [1.807, 2.05) is 26.0 Å². The van der Waals surface area contributed by atoms with Crippen LogP contribution in [0.4, 0.5) is 11.4 Å². The number of hydrogen-bond donors (Lipinski definition) is 1. The Morgan fingerprint density at radius 3 is 2.62 bits per heavy atom. The van der Waals surface area contributed by atoms with Gasteiger partial charge in [-0.1, -0.05) is 35.5 Å². The van der Waals surface area contributed by atoms with Gasteiger partial charge in [0.2, 0.25) is 0 Å². The van der Waals surface area contributed by atoms with E-state index in [-0.39, 0.29) is 0 Å². The Morgan fingerprint density at radius 2 is 1.81 bits per heavy atom. The van der Waals surface area contributed by atoms with Crippen LogP contribution in [-0.2, 0) is 25.9 Å². The molecule has 6 rings (SSSR count). The minimum absolute atomic E-state index is 0.401. The smallest absolute Gasteiger partial charge is 0.438 e. The fraction of sp³-hybridized carbons (Fsp3) is 0.286. The van der Waals surface area contributed by atoms with Crippen LogP contribution in [0.3, 0.4) is 0 Å². The number of nitrogens with one attached hydrogen (secondary N) is 1. The van der Waals surface area contributed by atoms with Crippen molar-refractivity contribution in [3.63, 3.8) is 0 Å². The highest BCUT2D eigenvalue weighted by Crippen LogP contribution is 2.37. The van der Waals surface area contributed by atoms with Crippen LogP contribution in [0.25, 0.3) is 11.2 Å². The first-order chi connectivity index (χ1) is 18.0. The highest BCUT2D eigenvalue weighted by molar-refractivity contribution is 5.77. The number of pyridine rings is 1. The molecular weight excluding hydrogens is 468 g/mol. The van der Waals surface area contributed by atoms with Crippen molar-refractivity contribution >= 4 is 22.5 Å². The summed E-state index contributed by atoms with van der Waals surface area (Å²) in [5, 5.41) is 3.91. The lowest BCUT2D eigenvalue weighted by Gasteiger charge is -2.26. The molecule has 0 atom stereocenters. The van der Waals surface area contributed by atoms with Crippen molar-refractivity contribution < 1.29 is 9.26 Å². The molecule has 2 aromatic carbocycles. The molecule has 1 N–H and O–H groups in total. The van der Waals surface area contributed by atoms with E-state index in [1.165, 1.54) is 11.1 Å². The number of benzene rings is 2. The lowest BCUT2D eigenvalue weighted by atomic mass is 10.0. The molecule has 1 aliphatic rings. The zero-order valence-corrected chi connectivity index (χ0v) is 21.1. The molecule has 0 saturated heterocycles. The fourth-order valence-corrected chi connectivity index (χ4v) is 5.18. The van der Waals surface area contributed by atoms with Gasteiger partial charge in [-0.15, -0.1) is 0 Å². The number of fused-ring (bicyclic) bond motifs is 3. The zero-order chi connectivity index (χ0) is 25.5. The summed E-state index contributed by atoms with van der Waals surface area (Å²) < 4.78 is 12.7. The summed E-state index contributed by atoms with van der Waals surface area (Å²) in [6.45, 7) is 7.55. The van der Waals surface area contributed by atoms with Crippen LogP contribution in [0.15, 0.2) is 57.8 Å². The normalized spacial score (nSPS) is 12.9. The molecule has 0 aliphatic carbocycles. The quantitative estimate of drug-likeness (QED) is 0.366. The summed E-state index contributed by atoms with van der Waals surface area (Å²) in [6, 6.07) is 17.5. The SMILES string of the molecule is CCOc1nc2c(C)cc(C)nc2n1Cc1ccc2c(c1)CCc1ccccc1N2Cc1noc(=O)[nH]1. The van der Waals surface area contributed by atoms with Gasteiger partial charge in [0.05, 0.1) is 19.7 Å². The van der Waals surface area contributed by atoms with Gasteiger partial charge in [-0.05, 0) is 74.1 Å². The maximum atomic E-state index is 11.6. The number of H-pyrrole nitrogens is 1. The molecule has 0 unspecified atom stereocenters. The largest absolute Gasteiger partial charge is 0.465 e. The summed E-state index contributed by atoms with van der Waals surface area (Å²) >= 11 is 0. The Hall–Kier alpha value is -4.40. The highest BCUT2D eigenvalue weighted by atomic mass is 16.5. The van der Waals surface area contributed by atoms with E-state index in [2.05, 4.69) is 62.9 Å². The number of aromatic nitrogens is 5. The van der Waals surface area contributed by atoms with E-state index < -0.39 is 5.76 Å². The van der Waals surface area contributed by atoms with Crippen LogP contribution >= 0.6 is 0 Å². The number of ether oxygens (including phenoxy) is 1. The monoisotopic (exact) mass is 496 g/mol. The summed E-state index contributed by atoms with van der Waals surface area (Å²) in [5.74, 6) is -0.0646. The molecule has 9 heteroatoms. The third kappa shape index (κ3) is 4.26. The Morgan fingerprint density at radius 1 is 1.00 bits per heavy atom. The van der Waals surface area contributed by atoms with Crippen molar-refractivity contribution in [3.05, 3.63) is 92.9 Å². The fourth-order valence-electron chi connectivity index (χ4n) is 5.18. The summed E-state index contributed by atoms with van der Waals surface area (Å²) in [4.78, 5) is 26.0. The molecule has 188 valence electrons. The molecule has 1 aliphatic heterocycles. The van der Waals surface area contributed by atoms with Crippen LogP contribution in [0.5, 0.6) is 6.01 Å². The van der Waals surface area contributed by atoms with Crippen LogP contribution in [0.1, 0.15) is 40.7 Å². The van der Waals surface area contributed by atoms with Crippen molar-refractivity contribution in [3.8, 4) is 6.01 Å². The van der Waals surface area contributed by atoms with E-state index in [0.717, 1.165) is 52.2 Å². The predicted octanol–water partition coefficient (Wildman–Crippen LogP) is 4.61. The summed E-state index contributed by atoms with van der Waals surface area (Å²) in [6.07, 6.45) is 1.81. The molecule has 0 amide bonds. The molecule has 37 heavy (non-hydrogen) atoms. The second-order valence-corrected chi connectivity index (χ2v) is 9.39. The van der Waals surface area contributed by atoms with E-state index in [9.17, 15) is 4.79 Å². The molecule has 0 spiro atoms. The first-order valence-corrected chi connectivity index (χ1v) is 12.5. The average Bonchev–Trinajstić information content (AvgIpc) is 3.40. The average molecular weight is 497 g/mol. The van der Waals surface area contributed by atoms with Gasteiger partial charge < -0.3 is 9.64 Å². The van der Waals surface area contributed by atoms with Crippen LogP contribution < -0.4 is 15.4 Å². The Labute approximate surface area is 213 Å². The zero-order valence-electron chi connectivity index (χ0n) is 21.1. The third-order valence-corrected chi connectivity index (χ3v) is 6.77. The second kappa shape index (κ2) is 9.24. The van der Waals surface area contributed by atoms with Crippen molar-refractivity contribution in [2.45, 2.75) is 46.7 Å². The van der Waals surface area contributed by atoms with Gasteiger partial charge in [0.1, 0.15) is 5.52 Å². The van der Waals surface area contributed by atoms with Gasteiger partial charge in [-0.25, -0.2) is 9.78 Å². The second-order valence-electron chi connectivity index (χ2n) is 9.39. The van der Waals surface area contributed by atoms with Gasteiger partial charge in [-0.3, -0.25) is 14.1 Å². The molecule has 0 saturated carbocycles. The Kier molecular flexibility index (Phi) is 5.75. The van der Waals surface area contributed by atoms with Gasteiger partial charge in [0, 0.05) is 17.1 Å². The molecule has 9 nitrogen and oxygen atoms in total. The molecule has 0 fully saturated rings. The first kappa shape index (κ1) is 23.0. The van der Waals surface area contributed by atoms with Crippen molar-refractivity contribution in [2.75, 3.05) is 11.5 Å². The number of rotatable bonds is 6. The molecular formula is C28H28N6O3. The first-order valence-electron chi connectivity index (χ1n) is 12.5. The van der Waals surface area contributed by atoms with E-state index in [4.69, 9.17) is 19.2 Å². The Balaban J connectivity index is 1.41. The number of anilines is 2. The maximum Gasteiger partial charge on any atom is 0.438 e. The minimum atomic E-state index is -0.551. The number of hydrogen-bond acceptors (Lipinski definition) is 7. The van der Waals surface area contributed by atoms with Crippen LogP contribution in [-0.4, -0.2) is 31.3 Å². The predicted molar refractivity (Wildman–Crippen MR) is 141 cm³/mol. The minimum Gasteiger partial charge on any atom is -0.465 e. The van der Waals surface area contributed by atoms with Crippen molar-refractivity contribution in [1.82, 2.24) is 24.7 Å². The van der Waals surface area contributed by atoms with Crippen LogP contribution in [0.2, 0.25) is 0 Å². The number of aryl methyl sites for hydroxylation is 4. The number of para-hydroxylation sites is 1. The topological polar surface area (TPSA) is 102 Å². The number of aromatic amines is 1. The van der Waals surface area contributed by atoms with Crippen molar-refractivity contribution in [1.29, 1.82) is 0 Å². The van der Waals surface area contributed by atoms with E-state index in [0.29, 0.717) is 31.5 Å². The maximum absolute atomic E-state index is 11.6. The standard InChI is InChI=1S/C28H28N6O3/c1-4-36-27-31-25-17(2)13-18(3)29-26(25)34(27)15-19-9-12-23-21(14-19)11-10-20-7-5-6-8-22(20)33(23)16-24-30-28(35)37-32-24/h5-9,12-14H,4,10-11,15-16H2,1-3H3,(H,30,32,35). The molecule has 3 aromatic heterocycles. The summed E-state index contributed by atoms with van der Waals surface area (Å²) in [7, 11) is 0. The van der Waals surface area contributed by atoms with Gasteiger partial charge in [-0.2, -0.15) is 4.98 Å². The van der Waals surface area contributed by atoms with Crippen molar-refractivity contribution in [2.24, 2.45) is 0 Å². The highest BCUT2D eigenvalue weighted by Gasteiger charge is 2.23. The lowest BCUT2D eigenvalue weighted by Crippen LogP contribution is -2.19. The summed E-state index contributed by atoms with van der Waals surface area (Å²) in [5.41, 5.74) is 9.55. The lowest BCUT2D eigenvalue weighted by molar-refractivity contribution is 0.301. The van der Waals surface area contributed by atoms with E-state index >= 15 is 0 Å². The molecule has 0 radical (unpaired) electrons. The van der Waals surface area contributed by atoms with E-state index in [1.54, 1.807) is 0 Å². The third-order valence-electron chi connectivity index (χ3n) is 6.77.